The van der Waals surface area contributed by atoms with Crippen LogP contribution in [0.25, 0.3) is 0 Å². The summed E-state index contributed by atoms with van der Waals surface area (Å²) in [4.78, 5) is 26.4. The SMILES string of the molecule is CNC(=O)C1(C(=O)N2C[C@@H](COC)OC(C)(C)C2)CC1. The van der Waals surface area contributed by atoms with Crippen LogP contribution in [0.5, 0.6) is 0 Å². The van der Waals surface area contributed by atoms with Gasteiger partial charge in [0.25, 0.3) is 0 Å². The van der Waals surface area contributed by atoms with Crippen LogP contribution in [0.1, 0.15) is 26.7 Å². The monoisotopic (exact) mass is 284 g/mol. The van der Waals surface area contributed by atoms with Crippen LogP contribution in [-0.2, 0) is 19.1 Å². The number of carbonyl (C=O) groups is 2. The maximum Gasteiger partial charge on any atom is 0.238 e. The van der Waals surface area contributed by atoms with Crippen molar-refractivity contribution in [1.82, 2.24) is 10.2 Å². The minimum absolute atomic E-state index is 0.0747. The Kier molecular flexibility index (Phi) is 4.07. The van der Waals surface area contributed by atoms with Crippen LogP contribution in [0.15, 0.2) is 0 Å². The van der Waals surface area contributed by atoms with Gasteiger partial charge in [0.2, 0.25) is 11.8 Å². The Hall–Kier alpha value is -1.14. The van der Waals surface area contributed by atoms with Gasteiger partial charge in [-0.25, -0.2) is 0 Å². The standard InChI is InChI=1S/C14H24N2O4/c1-13(2)9-16(7-10(20-13)8-19-4)12(18)14(5-6-14)11(17)15-3/h10H,5-9H2,1-4H3,(H,15,17)/t10-/m0/s1. The first-order chi connectivity index (χ1) is 9.34. The largest absolute Gasteiger partial charge is 0.382 e. The highest BCUT2D eigenvalue weighted by Crippen LogP contribution is 2.48. The smallest absolute Gasteiger partial charge is 0.238 e. The fraction of sp³-hybridized carbons (Fsp3) is 0.857. The Morgan fingerprint density at radius 3 is 2.55 bits per heavy atom. The molecule has 0 aromatic carbocycles. The van der Waals surface area contributed by atoms with Crippen LogP contribution in [0.3, 0.4) is 0 Å². The number of methoxy groups -OCH3 is 1. The highest BCUT2D eigenvalue weighted by molar-refractivity contribution is 6.07. The number of carbonyl (C=O) groups excluding carboxylic acids is 2. The summed E-state index contributed by atoms with van der Waals surface area (Å²) in [6.07, 6.45) is 1.13. The zero-order valence-electron chi connectivity index (χ0n) is 12.7. The molecule has 2 aliphatic rings. The molecule has 1 aliphatic carbocycles. The van der Waals surface area contributed by atoms with Crippen molar-refractivity contribution in [3.63, 3.8) is 0 Å². The van der Waals surface area contributed by atoms with E-state index in [0.717, 1.165) is 0 Å². The second-order valence-corrected chi connectivity index (χ2v) is 6.30. The number of hydrogen-bond acceptors (Lipinski definition) is 4. The van der Waals surface area contributed by atoms with Crippen molar-refractivity contribution >= 4 is 11.8 Å². The van der Waals surface area contributed by atoms with Crippen molar-refractivity contribution < 1.29 is 19.1 Å². The lowest BCUT2D eigenvalue weighted by Crippen LogP contribution is -2.58. The minimum Gasteiger partial charge on any atom is -0.382 e. The highest BCUT2D eigenvalue weighted by Gasteiger charge is 2.58. The molecule has 0 unspecified atom stereocenters. The maximum atomic E-state index is 12.7. The summed E-state index contributed by atoms with van der Waals surface area (Å²) in [5.74, 6) is -0.246. The molecule has 20 heavy (non-hydrogen) atoms. The van der Waals surface area contributed by atoms with Crippen LogP contribution in [0.4, 0.5) is 0 Å². The van der Waals surface area contributed by atoms with E-state index >= 15 is 0 Å². The van der Waals surface area contributed by atoms with Crippen molar-refractivity contribution in [3.05, 3.63) is 0 Å². The van der Waals surface area contributed by atoms with Gasteiger partial charge >= 0.3 is 0 Å². The molecule has 6 heteroatoms. The van der Waals surface area contributed by atoms with Gasteiger partial charge in [0.15, 0.2) is 0 Å². The first-order valence-electron chi connectivity index (χ1n) is 7.03. The lowest BCUT2D eigenvalue weighted by Gasteiger charge is -2.43. The molecule has 0 radical (unpaired) electrons. The van der Waals surface area contributed by atoms with Gasteiger partial charge in [0, 0.05) is 27.2 Å². The number of ether oxygens (including phenoxy) is 2. The summed E-state index contributed by atoms with van der Waals surface area (Å²) in [6.45, 7) is 5.34. The molecule has 0 spiro atoms. The zero-order valence-corrected chi connectivity index (χ0v) is 12.7. The van der Waals surface area contributed by atoms with Gasteiger partial charge in [0.1, 0.15) is 5.41 Å². The van der Waals surface area contributed by atoms with Gasteiger partial charge in [-0.15, -0.1) is 0 Å². The molecule has 2 rings (SSSR count). The van der Waals surface area contributed by atoms with Crippen LogP contribution in [0.2, 0.25) is 0 Å². The predicted octanol–water partition coefficient (Wildman–Crippen LogP) is 0.165. The van der Waals surface area contributed by atoms with Crippen molar-refractivity contribution in [2.45, 2.75) is 38.4 Å². The third-order valence-electron chi connectivity index (χ3n) is 3.94. The van der Waals surface area contributed by atoms with E-state index < -0.39 is 11.0 Å². The fourth-order valence-electron chi connectivity index (χ4n) is 2.93. The van der Waals surface area contributed by atoms with E-state index in [1.165, 1.54) is 0 Å². The Morgan fingerprint density at radius 1 is 1.40 bits per heavy atom. The number of rotatable bonds is 4. The molecular formula is C14H24N2O4. The number of nitrogens with one attached hydrogen (secondary N) is 1. The van der Waals surface area contributed by atoms with Crippen LogP contribution in [0, 0.1) is 5.41 Å². The average Bonchev–Trinajstić information content (AvgIpc) is 3.17. The third kappa shape index (κ3) is 2.81. The van der Waals surface area contributed by atoms with Gasteiger partial charge in [0.05, 0.1) is 18.3 Å². The van der Waals surface area contributed by atoms with E-state index in [1.54, 1.807) is 19.1 Å². The summed E-state index contributed by atoms with van der Waals surface area (Å²) in [6, 6.07) is 0. The molecule has 1 N–H and O–H groups in total. The summed E-state index contributed by atoms with van der Waals surface area (Å²) < 4.78 is 11.0. The lowest BCUT2D eigenvalue weighted by atomic mass is 9.99. The Balaban J connectivity index is 2.11. The van der Waals surface area contributed by atoms with E-state index in [0.29, 0.717) is 32.5 Å². The molecule has 1 saturated carbocycles. The van der Waals surface area contributed by atoms with Crippen LogP contribution < -0.4 is 5.32 Å². The maximum absolute atomic E-state index is 12.7. The fourth-order valence-corrected chi connectivity index (χ4v) is 2.93. The molecule has 1 saturated heterocycles. The van der Waals surface area contributed by atoms with Crippen LogP contribution >= 0.6 is 0 Å². The van der Waals surface area contributed by atoms with Gasteiger partial charge in [-0.2, -0.15) is 0 Å². The first-order valence-corrected chi connectivity index (χ1v) is 7.03. The minimum atomic E-state index is -0.834. The van der Waals surface area contributed by atoms with Crippen LogP contribution in [-0.4, -0.2) is 62.3 Å². The summed E-state index contributed by atoms with van der Waals surface area (Å²) in [5.41, 5.74) is -1.25. The predicted molar refractivity (Wildman–Crippen MR) is 73.1 cm³/mol. The van der Waals surface area contributed by atoms with E-state index in [2.05, 4.69) is 5.32 Å². The van der Waals surface area contributed by atoms with Gasteiger partial charge in [-0.05, 0) is 26.7 Å². The average molecular weight is 284 g/mol. The quantitative estimate of drug-likeness (QED) is 0.747. The molecule has 0 bridgehead atoms. The molecule has 1 heterocycles. The van der Waals surface area contributed by atoms with E-state index in [1.807, 2.05) is 13.8 Å². The third-order valence-corrected chi connectivity index (χ3v) is 3.94. The zero-order chi connectivity index (χ0) is 15.0. The topological polar surface area (TPSA) is 67.9 Å². The molecule has 0 aromatic rings. The molecule has 2 fully saturated rings. The molecule has 0 aromatic heterocycles. The van der Waals surface area contributed by atoms with E-state index in [-0.39, 0.29) is 17.9 Å². The Morgan fingerprint density at radius 2 is 2.05 bits per heavy atom. The van der Waals surface area contributed by atoms with Crippen molar-refractivity contribution in [3.8, 4) is 0 Å². The number of morpholine rings is 1. The lowest BCUT2D eigenvalue weighted by molar-refractivity contribution is -0.173. The van der Waals surface area contributed by atoms with E-state index in [4.69, 9.17) is 9.47 Å². The van der Waals surface area contributed by atoms with Gasteiger partial charge in [-0.1, -0.05) is 0 Å². The van der Waals surface area contributed by atoms with E-state index in [9.17, 15) is 9.59 Å². The second-order valence-electron chi connectivity index (χ2n) is 6.30. The summed E-state index contributed by atoms with van der Waals surface area (Å²) >= 11 is 0. The number of nitrogens with zero attached hydrogens (tertiary/aromatic N) is 1. The normalized spacial score (nSPS) is 27.0. The molecule has 114 valence electrons. The Labute approximate surface area is 119 Å². The molecular weight excluding hydrogens is 260 g/mol. The second kappa shape index (κ2) is 5.33. The van der Waals surface area contributed by atoms with Gasteiger partial charge < -0.3 is 19.7 Å². The highest BCUT2D eigenvalue weighted by atomic mass is 16.5. The first kappa shape index (κ1) is 15.3. The summed E-state index contributed by atoms with van der Waals surface area (Å²) in [5, 5.41) is 2.60. The molecule has 1 aliphatic heterocycles. The molecule has 1 atom stereocenters. The number of amides is 2. The van der Waals surface area contributed by atoms with Crippen molar-refractivity contribution in [2.24, 2.45) is 5.41 Å². The Bertz CT molecular complexity index is 404. The molecule has 2 amide bonds. The van der Waals surface area contributed by atoms with Gasteiger partial charge in [-0.3, -0.25) is 9.59 Å². The van der Waals surface area contributed by atoms with Crippen molar-refractivity contribution in [1.29, 1.82) is 0 Å². The summed E-state index contributed by atoms with van der Waals surface area (Å²) in [7, 11) is 3.19. The molecule has 6 nitrogen and oxygen atoms in total. The van der Waals surface area contributed by atoms with Crippen molar-refractivity contribution in [2.75, 3.05) is 33.9 Å². The number of hydrogen-bond donors (Lipinski definition) is 1.